The molecule has 0 unspecified atom stereocenters. The van der Waals surface area contributed by atoms with Crippen molar-refractivity contribution in [1.29, 1.82) is 0 Å². The quantitative estimate of drug-likeness (QED) is 0.0411. The molecule has 0 aromatic heterocycles. The fourth-order valence-electron chi connectivity index (χ4n) is 10.8. The van der Waals surface area contributed by atoms with E-state index in [0.717, 1.165) is 88.3 Å². The summed E-state index contributed by atoms with van der Waals surface area (Å²) in [6.45, 7) is 19.9. The summed E-state index contributed by atoms with van der Waals surface area (Å²) in [5.74, 6) is -2.37. The number of aliphatic hydroxyl groups excluding tert-OH is 2. The zero-order valence-corrected chi connectivity index (χ0v) is 39.3. The van der Waals surface area contributed by atoms with Gasteiger partial charge < -0.3 is 30.2 Å². The highest BCUT2D eigenvalue weighted by molar-refractivity contribution is 6.42. The Labute approximate surface area is 386 Å². The predicted octanol–water partition coefficient (Wildman–Crippen LogP) is 14.1. The van der Waals surface area contributed by atoms with E-state index in [4.69, 9.17) is 9.98 Å². The van der Waals surface area contributed by atoms with Crippen LogP contribution in [0.1, 0.15) is 159 Å². The van der Waals surface area contributed by atoms with E-state index in [9.17, 15) is 30.0 Å². The van der Waals surface area contributed by atoms with Crippen LogP contribution in [0, 0.1) is 0 Å². The van der Waals surface area contributed by atoms with Crippen molar-refractivity contribution >= 4 is 89.6 Å². The molecule has 66 heavy (non-hydrogen) atoms. The average Bonchev–Trinajstić information content (AvgIpc) is 4.03. The van der Waals surface area contributed by atoms with Crippen LogP contribution in [0.25, 0.3) is 43.1 Å². The third-order valence-electron chi connectivity index (χ3n) is 14.0. The molecule has 2 aliphatic rings. The van der Waals surface area contributed by atoms with E-state index in [1.165, 1.54) is 6.07 Å². The highest BCUT2D eigenvalue weighted by atomic mass is 16.4. The summed E-state index contributed by atoms with van der Waals surface area (Å²) in [6, 6.07) is 23.1. The molecule has 0 radical (unpaired) electrons. The number of aromatic carboxylic acids is 2. The Kier molecular flexibility index (Phi) is 11.7. The zero-order valence-electron chi connectivity index (χ0n) is 39.3. The van der Waals surface area contributed by atoms with Gasteiger partial charge in [0.25, 0.3) is 0 Å². The Balaban J connectivity index is 1.53. The van der Waals surface area contributed by atoms with Gasteiger partial charge in [-0.25, -0.2) is 19.6 Å². The molecule has 10 heteroatoms. The maximum Gasteiger partial charge on any atom is 0.336 e. The fourth-order valence-corrected chi connectivity index (χ4v) is 10.8. The van der Waals surface area contributed by atoms with Crippen molar-refractivity contribution in [3.05, 3.63) is 117 Å². The summed E-state index contributed by atoms with van der Waals surface area (Å²) in [6.07, 6.45) is 3.76. The Hall–Kier alpha value is -6.68. The number of aliphatic hydroxyl groups is 2. The van der Waals surface area contributed by atoms with Gasteiger partial charge in [-0.1, -0.05) is 104 Å². The van der Waals surface area contributed by atoms with Crippen LogP contribution in [-0.4, -0.2) is 70.3 Å². The summed E-state index contributed by atoms with van der Waals surface area (Å²) in [7, 11) is 0. The van der Waals surface area contributed by atoms with Gasteiger partial charge >= 0.3 is 11.9 Å². The second kappa shape index (κ2) is 17.3. The summed E-state index contributed by atoms with van der Waals surface area (Å²) in [5.41, 5.74) is 7.65. The SMILES string of the molecule is CC(C)c1cccc(C(C)C)c1N=C(O)c1ccc2c3c(N4CCCC4)cc(C(=O)O)c4c(C(=O)O)ccc(c5c(N6CCCC6)cc(C(O)=Nc6c(C(C)C)cccc6C(C)C)c1c25)c43. The molecule has 2 aliphatic heterocycles. The van der Waals surface area contributed by atoms with E-state index in [-0.39, 0.29) is 52.0 Å². The standard InChI is InChI=1S/C56H60N4O6/c1-29(2)33-15-13-16-34(30(3)4)51(33)57-53(61)39-21-19-37-48-44(60-25-11-12-26-60)28-42(56(65)66)46-40(55(63)64)22-20-38(50(46)48)47-43(59-23-9-10-24-59)27-41(45(39)49(37)47)54(62)58-52-35(31(5)6)17-14-18-36(52)32(7)8/h13-22,27-32H,9-12,23-26H2,1-8H3,(H,57,61)(H,58,62)(H,63,64)(H,65,66). The first-order chi connectivity index (χ1) is 31.6. The van der Waals surface area contributed by atoms with Crippen LogP contribution in [0.5, 0.6) is 0 Å². The van der Waals surface area contributed by atoms with Crippen LogP contribution in [0.4, 0.5) is 22.7 Å². The maximum absolute atomic E-state index is 13.3. The summed E-state index contributed by atoms with van der Waals surface area (Å²) in [5, 5.41) is 52.2. The number of aliphatic imine (C=N–C) groups is 2. The molecule has 2 fully saturated rings. The monoisotopic (exact) mass is 884 g/mol. The Bertz CT molecular complexity index is 3100. The van der Waals surface area contributed by atoms with Crippen molar-refractivity contribution in [3.8, 4) is 0 Å². The Morgan fingerprint density at radius 1 is 0.439 bits per heavy atom. The second-order valence-electron chi connectivity index (χ2n) is 19.5. The molecule has 0 bridgehead atoms. The van der Waals surface area contributed by atoms with E-state index >= 15 is 0 Å². The molecule has 0 atom stereocenters. The van der Waals surface area contributed by atoms with E-state index in [2.05, 4.69) is 89.5 Å². The van der Waals surface area contributed by atoms with Gasteiger partial charge in [0.15, 0.2) is 0 Å². The van der Waals surface area contributed by atoms with Gasteiger partial charge in [0.2, 0.25) is 11.8 Å². The number of anilines is 2. The Morgan fingerprint density at radius 3 is 1.17 bits per heavy atom. The lowest BCUT2D eigenvalue weighted by Crippen LogP contribution is -2.20. The van der Waals surface area contributed by atoms with E-state index < -0.39 is 11.9 Å². The number of carboxylic acid groups (broad SMARTS) is 2. The van der Waals surface area contributed by atoms with Crippen LogP contribution in [0.3, 0.4) is 0 Å². The minimum atomic E-state index is -1.21. The van der Waals surface area contributed by atoms with Gasteiger partial charge in [-0.05, 0) is 107 Å². The maximum atomic E-state index is 13.3. The topological polar surface area (TPSA) is 146 Å². The smallest absolute Gasteiger partial charge is 0.336 e. The molecule has 0 amide bonds. The number of rotatable bonds is 12. The van der Waals surface area contributed by atoms with Crippen molar-refractivity contribution in [1.82, 2.24) is 0 Å². The first-order valence-corrected chi connectivity index (χ1v) is 23.6. The van der Waals surface area contributed by atoms with Gasteiger partial charge in [-0.2, -0.15) is 0 Å². The van der Waals surface area contributed by atoms with Gasteiger partial charge in [0, 0.05) is 81.0 Å². The molecule has 2 heterocycles. The fraction of sp³-hybridized carbons (Fsp3) is 0.357. The normalized spacial score (nSPS) is 15.2. The number of fused-ring (bicyclic) bond motifs is 2. The number of carboxylic acids is 2. The number of benzene rings is 7. The average molecular weight is 885 g/mol. The molecule has 0 spiro atoms. The van der Waals surface area contributed by atoms with E-state index in [0.29, 0.717) is 57.4 Å². The van der Waals surface area contributed by atoms with Crippen molar-refractivity contribution in [3.63, 3.8) is 0 Å². The molecule has 7 aromatic carbocycles. The number of para-hydroxylation sites is 2. The lowest BCUT2D eigenvalue weighted by atomic mass is 9.82. The molecule has 340 valence electrons. The molecule has 2 saturated heterocycles. The van der Waals surface area contributed by atoms with Crippen molar-refractivity contribution in [2.75, 3.05) is 36.0 Å². The molecule has 4 N–H and O–H groups in total. The van der Waals surface area contributed by atoms with E-state index in [1.807, 2.05) is 36.4 Å². The molecule has 9 rings (SSSR count). The Morgan fingerprint density at radius 2 is 0.788 bits per heavy atom. The van der Waals surface area contributed by atoms with Gasteiger partial charge in [0.1, 0.15) is 0 Å². The first kappa shape index (κ1) is 44.5. The highest BCUT2D eigenvalue weighted by Gasteiger charge is 2.32. The zero-order chi connectivity index (χ0) is 46.9. The number of nitrogens with zero attached hydrogens (tertiary/aromatic N) is 4. The molecule has 10 nitrogen and oxygen atoms in total. The summed E-state index contributed by atoms with van der Waals surface area (Å²) < 4.78 is 0. The van der Waals surface area contributed by atoms with Crippen molar-refractivity contribution in [2.45, 2.75) is 105 Å². The first-order valence-electron chi connectivity index (χ1n) is 23.6. The van der Waals surface area contributed by atoms with Gasteiger partial charge in [-0.3, -0.25) is 0 Å². The molecular weight excluding hydrogens is 825 g/mol. The predicted molar refractivity (Wildman–Crippen MR) is 271 cm³/mol. The minimum absolute atomic E-state index is 0.0605. The number of hydrogen-bond donors (Lipinski definition) is 4. The van der Waals surface area contributed by atoms with Crippen LogP contribution in [-0.2, 0) is 0 Å². The molecular formula is C56H60N4O6. The van der Waals surface area contributed by atoms with Crippen LogP contribution >= 0.6 is 0 Å². The third-order valence-corrected chi connectivity index (χ3v) is 14.0. The minimum Gasteiger partial charge on any atom is -0.493 e. The summed E-state index contributed by atoms with van der Waals surface area (Å²) in [4.78, 5) is 41.2. The second-order valence-corrected chi connectivity index (χ2v) is 19.5. The summed E-state index contributed by atoms with van der Waals surface area (Å²) >= 11 is 0. The van der Waals surface area contributed by atoms with Crippen LogP contribution in [0.15, 0.2) is 82.8 Å². The highest BCUT2D eigenvalue weighted by Crippen LogP contribution is 2.51. The van der Waals surface area contributed by atoms with Crippen LogP contribution < -0.4 is 9.80 Å². The lowest BCUT2D eigenvalue weighted by Gasteiger charge is -2.29. The van der Waals surface area contributed by atoms with Gasteiger partial charge in [-0.15, -0.1) is 0 Å². The number of carbonyl (C=O) groups is 2. The van der Waals surface area contributed by atoms with Crippen molar-refractivity contribution < 1.29 is 30.0 Å². The third kappa shape index (κ3) is 7.35. The molecule has 7 aromatic rings. The van der Waals surface area contributed by atoms with E-state index in [1.54, 1.807) is 6.07 Å². The molecule has 0 aliphatic carbocycles. The van der Waals surface area contributed by atoms with Crippen LogP contribution in [0.2, 0.25) is 0 Å². The largest absolute Gasteiger partial charge is 0.493 e. The van der Waals surface area contributed by atoms with Gasteiger partial charge in [0.05, 0.1) is 22.5 Å². The van der Waals surface area contributed by atoms with Crippen molar-refractivity contribution in [2.24, 2.45) is 9.98 Å². The molecule has 0 saturated carbocycles. The lowest BCUT2D eigenvalue weighted by molar-refractivity contribution is 0.0695. The number of hydrogen-bond acceptors (Lipinski definition) is 6.